The first-order chi connectivity index (χ1) is 12.5. The smallest absolute Gasteiger partial charge is 0.310 e. The van der Waals surface area contributed by atoms with Gasteiger partial charge in [0.1, 0.15) is 5.58 Å². The summed E-state index contributed by atoms with van der Waals surface area (Å²) in [5.74, 6) is -1.79. The SMILES string of the molecule is Cc1ccc2c(CC(=O)OCC(=O)NC(=O)c3ccccc3)coc2c1. The molecule has 0 aliphatic carbocycles. The molecule has 0 bridgehead atoms. The fourth-order valence-electron chi connectivity index (χ4n) is 2.50. The highest BCUT2D eigenvalue weighted by atomic mass is 16.5. The van der Waals surface area contributed by atoms with E-state index in [1.54, 1.807) is 30.3 Å². The summed E-state index contributed by atoms with van der Waals surface area (Å²) in [5, 5.41) is 3.00. The number of hydrogen-bond donors (Lipinski definition) is 1. The first-order valence-corrected chi connectivity index (χ1v) is 8.04. The monoisotopic (exact) mass is 351 g/mol. The summed E-state index contributed by atoms with van der Waals surface area (Å²) in [6.07, 6.45) is 1.49. The first-order valence-electron chi connectivity index (χ1n) is 8.04. The van der Waals surface area contributed by atoms with Crippen molar-refractivity contribution in [3.05, 3.63) is 71.5 Å². The lowest BCUT2D eigenvalue weighted by Gasteiger charge is -2.05. The molecule has 0 fully saturated rings. The van der Waals surface area contributed by atoms with E-state index >= 15 is 0 Å². The Morgan fingerprint density at radius 1 is 1.08 bits per heavy atom. The van der Waals surface area contributed by atoms with Crippen molar-refractivity contribution in [2.24, 2.45) is 0 Å². The number of benzene rings is 2. The van der Waals surface area contributed by atoms with Gasteiger partial charge in [-0.25, -0.2) is 0 Å². The summed E-state index contributed by atoms with van der Waals surface area (Å²) in [7, 11) is 0. The molecule has 2 amide bonds. The van der Waals surface area contributed by atoms with E-state index in [4.69, 9.17) is 9.15 Å². The number of rotatable bonds is 5. The van der Waals surface area contributed by atoms with E-state index in [1.807, 2.05) is 25.1 Å². The number of carbonyl (C=O) groups is 3. The van der Waals surface area contributed by atoms with Crippen LogP contribution in [0.15, 0.2) is 59.2 Å². The van der Waals surface area contributed by atoms with Gasteiger partial charge in [0.2, 0.25) is 0 Å². The number of fused-ring (bicyclic) bond motifs is 1. The molecule has 0 unspecified atom stereocenters. The number of ether oxygens (including phenoxy) is 1. The Morgan fingerprint density at radius 2 is 1.85 bits per heavy atom. The lowest BCUT2D eigenvalue weighted by Crippen LogP contribution is -2.34. The van der Waals surface area contributed by atoms with Crippen LogP contribution in [0.4, 0.5) is 0 Å². The number of furan rings is 1. The molecule has 1 aromatic heterocycles. The zero-order valence-electron chi connectivity index (χ0n) is 14.2. The van der Waals surface area contributed by atoms with Gasteiger partial charge in [0.15, 0.2) is 6.61 Å². The van der Waals surface area contributed by atoms with Crippen LogP contribution in [-0.2, 0) is 20.7 Å². The predicted octanol–water partition coefficient (Wildman–Crippen LogP) is 2.78. The number of amides is 2. The summed E-state index contributed by atoms with van der Waals surface area (Å²) in [6.45, 7) is 1.43. The lowest BCUT2D eigenvalue weighted by atomic mass is 10.1. The van der Waals surface area contributed by atoms with E-state index in [0.717, 1.165) is 10.9 Å². The normalized spacial score (nSPS) is 10.5. The average molecular weight is 351 g/mol. The lowest BCUT2D eigenvalue weighted by molar-refractivity contribution is -0.147. The number of nitrogens with one attached hydrogen (secondary N) is 1. The summed E-state index contributed by atoms with van der Waals surface area (Å²) < 4.78 is 10.4. The van der Waals surface area contributed by atoms with Crippen LogP contribution in [-0.4, -0.2) is 24.4 Å². The van der Waals surface area contributed by atoms with E-state index in [2.05, 4.69) is 5.32 Å². The third-order valence-corrected chi connectivity index (χ3v) is 3.80. The molecule has 1 N–H and O–H groups in total. The molecule has 3 rings (SSSR count). The number of imide groups is 1. The maximum atomic E-state index is 12.0. The average Bonchev–Trinajstić information content (AvgIpc) is 3.02. The molecule has 0 atom stereocenters. The van der Waals surface area contributed by atoms with E-state index < -0.39 is 24.4 Å². The fourth-order valence-corrected chi connectivity index (χ4v) is 2.50. The van der Waals surface area contributed by atoms with Crippen LogP contribution in [0.2, 0.25) is 0 Å². The van der Waals surface area contributed by atoms with Crippen LogP contribution in [0.1, 0.15) is 21.5 Å². The molecule has 2 aromatic carbocycles. The largest absolute Gasteiger partial charge is 0.464 e. The fraction of sp³-hybridized carbons (Fsp3) is 0.150. The van der Waals surface area contributed by atoms with Crippen molar-refractivity contribution in [1.82, 2.24) is 5.32 Å². The van der Waals surface area contributed by atoms with Crippen LogP contribution in [0.3, 0.4) is 0 Å². The van der Waals surface area contributed by atoms with Gasteiger partial charge in [0.05, 0.1) is 12.7 Å². The summed E-state index contributed by atoms with van der Waals surface area (Å²) in [5.41, 5.74) is 2.79. The second-order valence-corrected chi connectivity index (χ2v) is 5.84. The quantitative estimate of drug-likeness (QED) is 0.715. The first kappa shape index (κ1) is 17.4. The van der Waals surface area contributed by atoms with E-state index in [0.29, 0.717) is 16.7 Å². The van der Waals surface area contributed by atoms with Crippen molar-refractivity contribution in [3.8, 4) is 0 Å². The van der Waals surface area contributed by atoms with Crippen LogP contribution in [0.25, 0.3) is 11.0 Å². The summed E-state index contributed by atoms with van der Waals surface area (Å²) in [6, 6.07) is 14.0. The molecule has 6 nitrogen and oxygen atoms in total. The van der Waals surface area contributed by atoms with Crippen molar-refractivity contribution in [2.45, 2.75) is 13.3 Å². The Labute approximate surface area is 149 Å². The summed E-state index contributed by atoms with van der Waals surface area (Å²) in [4.78, 5) is 35.6. The second-order valence-electron chi connectivity index (χ2n) is 5.84. The Hall–Kier alpha value is -3.41. The Morgan fingerprint density at radius 3 is 2.62 bits per heavy atom. The molecule has 0 saturated heterocycles. The molecule has 0 spiro atoms. The molecule has 0 aliphatic rings. The van der Waals surface area contributed by atoms with Gasteiger partial charge in [-0.2, -0.15) is 0 Å². The summed E-state index contributed by atoms with van der Waals surface area (Å²) >= 11 is 0. The van der Waals surface area contributed by atoms with E-state index in [1.165, 1.54) is 6.26 Å². The highest BCUT2D eigenvalue weighted by Gasteiger charge is 2.15. The topological polar surface area (TPSA) is 85.6 Å². The predicted molar refractivity (Wildman–Crippen MR) is 94.5 cm³/mol. The molecule has 26 heavy (non-hydrogen) atoms. The van der Waals surface area contributed by atoms with Gasteiger partial charge in [-0.1, -0.05) is 30.3 Å². The minimum Gasteiger partial charge on any atom is -0.464 e. The minimum absolute atomic E-state index is 0.0179. The Bertz CT molecular complexity index is 959. The molecule has 0 aliphatic heterocycles. The van der Waals surface area contributed by atoms with Gasteiger partial charge >= 0.3 is 5.97 Å². The van der Waals surface area contributed by atoms with Crippen molar-refractivity contribution in [2.75, 3.05) is 6.61 Å². The number of hydrogen-bond acceptors (Lipinski definition) is 5. The molecular formula is C20H17NO5. The molecule has 1 heterocycles. The van der Waals surface area contributed by atoms with Crippen LogP contribution in [0.5, 0.6) is 0 Å². The third kappa shape index (κ3) is 4.16. The number of aryl methyl sites for hydroxylation is 1. The Kier molecular flexibility index (Phi) is 5.12. The second kappa shape index (κ2) is 7.65. The van der Waals surface area contributed by atoms with Gasteiger partial charge in [-0.3, -0.25) is 19.7 Å². The van der Waals surface area contributed by atoms with Gasteiger partial charge in [0, 0.05) is 16.5 Å². The van der Waals surface area contributed by atoms with Gasteiger partial charge in [-0.15, -0.1) is 0 Å². The highest BCUT2D eigenvalue weighted by Crippen LogP contribution is 2.22. The van der Waals surface area contributed by atoms with Crippen molar-refractivity contribution < 1.29 is 23.5 Å². The van der Waals surface area contributed by atoms with Gasteiger partial charge in [-0.05, 0) is 30.7 Å². The van der Waals surface area contributed by atoms with Gasteiger partial charge < -0.3 is 9.15 Å². The van der Waals surface area contributed by atoms with Gasteiger partial charge in [0.25, 0.3) is 11.8 Å². The zero-order valence-corrected chi connectivity index (χ0v) is 14.2. The highest BCUT2D eigenvalue weighted by molar-refractivity contribution is 6.05. The maximum Gasteiger partial charge on any atom is 0.310 e. The number of carbonyl (C=O) groups excluding carboxylic acids is 3. The minimum atomic E-state index is -0.681. The maximum absolute atomic E-state index is 12.0. The van der Waals surface area contributed by atoms with Crippen molar-refractivity contribution >= 4 is 28.8 Å². The van der Waals surface area contributed by atoms with Crippen molar-refractivity contribution in [1.29, 1.82) is 0 Å². The molecular weight excluding hydrogens is 334 g/mol. The molecule has 132 valence electrons. The molecule has 6 heteroatoms. The van der Waals surface area contributed by atoms with E-state index in [9.17, 15) is 14.4 Å². The van der Waals surface area contributed by atoms with Crippen LogP contribution < -0.4 is 5.32 Å². The molecule has 3 aromatic rings. The van der Waals surface area contributed by atoms with Crippen LogP contribution in [0, 0.1) is 6.92 Å². The molecule has 0 radical (unpaired) electrons. The Balaban J connectivity index is 1.52. The zero-order chi connectivity index (χ0) is 18.5. The third-order valence-electron chi connectivity index (χ3n) is 3.80. The van der Waals surface area contributed by atoms with E-state index in [-0.39, 0.29) is 6.42 Å². The van der Waals surface area contributed by atoms with Crippen molar-refractivity contribution in [3.63, 3.8) is 0 Å². The standard InChI is InChI=1S/C20H17NO5/c1-13-7-8-16-15(11-25-17(16)9-13)10-19(23)26-12-18(22)21-20(24)14-5-3-2-4-6-14/h2-9,11H,10,12H2,1H3,(H,21,22,24). The number of esters is 1. The van der Waals surface area contributed by atoms with Crippen LogP contribution >= 0.6 is 0 Å². The molecule has 0 saturated carbocycles.